The van der Waals surface area contributed by atoms with Crippen LogP contribution < -0.4 is 0 Å². The van der Waals surface area contributed by atoms with Crippen LogP contribution in [0.4, 0.5) is 4.79 Å². The first kappa shape index (κ1) is 8.29. The first-order valence-corrected chi connectivity index (χ1v) is 3.18. The molecule has 0 aromatic heterocycles. The molecule has 11 heavy (non-hydrogen) atoms. The van der Waals surface area contributed by atoms with E-state index in [1.54, 1.807) is 0 Å². The van der Waals surface area contributed by atoms with Crippen molar-refractivity contribution >= 4 is 6.16 Å². The van der Waals surface area contributed by atoms with Gasteiger partial charge in [0.15, 0.2) is 0 Å². The van der Waals surface area contributed by atoms with Gasteiger partial charge in [-0.15, -0.1) is 0 Å². The maximum absolute atomic E-state index is 10.6. The van der Waals surface area contributed by atoms with E-state index in [4.69, 9.17) is 9.47 Å². The zero-order valence-corrected chi connectivity index (χ0v) is 6.46. The largest absolute Gasteiger partial charge is 0.512 e. The molecule has 1 fully saturated rings. The summed E-state index contributed by atoms with van der Waals surface area (Å²) in [6.45, 7) is 0.251. The minimum Gasteiger partial charge on any atom is -0.434 e. The molecule has 0 aliphatic carbocycles. The number of hydrogen-bond acceptors (Lipinski definition) is 5. The number of hydrogen-bond donors (Lipinski definition) is 0. The highest BCUT2D eigenvalue weighted by molar-refractivity contribution is 5.60. The second-order valence-corrected chi connectivity index (χ2v) is 2.04. The van der Waals surface area contributed by atoms with E-state index in [2.05, 4.69) is 9.47 Å². The van der Waals surface area contributed by atoms with Crippen molar-refractivity contribution in [3.05, 3.63) is 0 Å². The summed E-state index contributed by atoms with van der Waals surface area (Å²) in [7, 11) is 2.81. The van der Waals surface area contributed by atoms with Crippen LogP contribution in [-0.4, -0.2) is 33.0 Å². The quantitative estimate of drug-likeness (QED) is 0.437. The molecule has 0 atom stereocenters. The van der Waals surface area contributed by atoms with Gasteiger partial charge >= 0.3 is 12.1 Å². The fourth-order valence-corrected chi connectivity index (χ4v) is 0.838. The van der Waals surface area contributed by atoms with Gasteiger partial charge < -0.3 is 18.9 Å². The Labute approximate surface area is 64.2 Å². The highest BCUT2D eigenvalue weighted by Gasteiger charge is 2.39. The smallest absolute Gasteiger partial charge is 0.434 e. The van der Waals surface area contributed by atoms with Crippen LogP contribution in [0.5, 0.6) is 0 Å². The molecule has 1 saturated heterocycles. The third-order valence-electron chi connectivity index (χ3n) is 1.49. The van der Waals surface area contributed by atoms with Crippen LogP contribution in [0, 0.1) is 0 Å². The van der Waals surface area contributed by atoms with Crippen LogP contribution in [0.2, 0.25) is 0 Å². The number of rotatable bonds is 2. The van der Waals surface area contributed by atoms with E-state index in [1.807, 2.05) is 0 Å². The monoisotopic (exact) mass is 162 g/mol. The van der Waals surface area contributed by atoms with Crippen LogP contribution >= 0.6 is 0 Å². The predicted molar refractivity (Wildman–Crippen MR) is 33.8 cm³/mol. The molecule has 1 rings (SSSR count). The number of carbonyl (C=O) groups excluding carboxylic acids is 1. The molecule has 0 amide bonds. The van der Waals surface area contributed by atoms with Crippen molar-refractivity contribution < 1.29 is 23.7 Å². The number of carbonyl (C=O) groups is 1. The molecule has 0 aromatic carbocycles. The van der Waals surface area contributed by atoms with E-state index >= 15 is 0 Å². The Morgan fingerprint density at radius 2 is 2.09 bits per heavy atom. The molecule has 1 aliphatic heterocycles. The lowest BCUT2D eigenvalue weighted by molar-refractivity contribution is -0.359. The summed E-state index contributed by atoms with van der Waals surface area (Å²) >= 11 is 0. The van der Waals surface area contributed by atoms with E-state index in [9.17, 15) is 4.79 Å². The molecule has 0 radical (unpaired) electrons. The number of cyclic esters (lactones) is 2. The van der Waals surface area contributed by atoms with Gasteiger partial charge in [-0.2, -0.15) is 0 Å². The molecule has 5 nitrogen and oxygen atoms in total. The van der Waals surface area contributed by atoms with E-state index in [-0.39, 0.29) is 6.61 Å². The van der Waals surface area contributed by atoms with Gasteiger partial charge in [0.25, 0.3) is 0 Å². The van der Waals surface area contributed by atoms with Gasteiger partial charge in [-0.25, -0.2) is 4.79 Å². The van der Waals surface area contributed by atoms with Gasteiger partial charge in [-0.05, 0) is 0 Å². The molecule has 0 aromatic rings. The topological polar surface area (TPSA) is 54.0 Å². The van der Waals surface area contributed by atoms with Crippen LogP contribution in [-0.2, 0) is 18.9 Å². The van der Waals surface area contributed by atoms with Crippen molar-refractivity contribution in [1.82, 2.24) is 0 Å². The number of ether oxygens (including phenoxy) is 4. The maximum atomic E-state index is 10.6. The highest BCUT2D eigenvalue weighted by Crippen LogP contribution is 2.22. The molecule has 0 unspecified atom stereocenters. The molecule has 0 spiro atoms. The van der Waals surface area contributed by atoms with Crippen LogP contribution in [0.1, 0.15) is 6.42 Å². The molecule has 0 bridgehead atoms. The first-order valence-electron chi connectivity index (χ1n) is 3.18. The second kappa shape index (κ2) is 3.06. The Morgan fingerprint density at radius 3 is 2.45 bits per heavy atom. The standard InChI is InChI=1S/C6H10O5/c1-8-6(9-2)3-4-10-5(7)11-6/h3-4H2,1-2H3. The lowest BCUT2D eigenvalue weighted by Gasteiger charge is -2.32. The average molecular weight is 162 g/mol. The Balaban J connectivity index is 2.59. The Morgan fingerprint density at radius 1 is 1.45 bits per heavy atom. The summed E-state index contributed by atoms with van der Waals surface area (Å²) in [4.78, 5) is 10.6. The number of methoxy groups -OCH3 is 2. The molecule has 5 heteroatoms. The van der Waals surface area contributed by atoms with Crippen molar-refractivity contribution in [2.75, 3.05) is 20.8 Å². The van der Waals surface area contributed by atoms with Crippen molar-refractivity contribution in [3.8, 4) is 0 Å². The van der Waals surface area contributed by atoms with Crippen molar-refractivity contribution in [3.63, 3.8) is 0 Å². The Hall–Kier alpha value is -0.810. The minimum atomic E-state index is -1.24. The summed E-state index contributed by atoms with van der Waals surface area (Å²) in [6.07, 6.45) is -0.383. The SMILES string of the molecule is COC1(OC)CCOC(=O)O1. The van der Waals surface area contributed by atoms with Crippen LogP contribution in [0.3, 0.4) is 0 Å². The van der Waals surface area contributed by atoms with Crippen molar-refractivity contribution in [2.24, 2.45) is 0 Å². The summed E-state index contributed by atoms with van der Waals surface area (Å²) in [5.74, 6) is -1.24. The van der Waals surface area contributed by atoms with E-state index in [0.29, 0.717) is 6.42 Å². The van der Waals surface area contributed by atoms with Gasteiger partial charge in [0.2, 0.25) is 0 Å². The zero-order valence-electron chi connectivity index (χ0n) is 6.46. The summed E-state index contributed by atoms with van der Waals surface area (Å²) < 4.78 is 18.9. The van der Waals surface area contributed by atoms with Gasteiger partial charge in [0, 0.05) is 14.2 Å². The van der Waals surface area contributed by atoms with Crippen LogP contribution in [0.15, 0.2) is 0 Å². The predicted octanol–water partition coefficient (Wildman–Crippen LogP) is 0.490. The summed E-state index contributed by atoms with van der Waals surface area (Å²) in [5.41, 5.74) is 0. The second-order valence-electron chi connectivity index (χ2n) is 2.04. The Kier molecular flexibility index (Phi) is 2.31. The fraction of sp³-hybridized carbons (Fsp3) is 0.833. The molecular formula is C6H10O5. The lowest BCUT2D eigenvalue weighted by atomic mass is 10.4. The first-order chi connectivity index (χ1) is 5.22. The fourth-order valence-electron chi connectivity index (χ4n) is 0.838. The van der Waals surface area contributed by atoms with Crippen molar-refractivity contribution in [2.45, 2.75) is 12.4 Å². The summed E-state index contributed by atoms with van der Waals surface area (Å²) in [5, 5.41) is 0. The normalized spacial score (nSPS) is 22.2. The third-order valence-corrected chi connectivity index (χ3v) is 1.49. The highest BCUT2D eigenvalue weighted by atomic mass is 16.9. The molecular weight excluding hydrogens is 152 g/mol. The van der Waals surface area contributed by atoms with Gasteiger partial charge in [0.05, 0.1) is 6.42 Å². The van der Waals surface area contributed by atoms with E-state index < -0.39 is 12.1 Å². The van der Waals surface area contributed by atoms with Crippen molar-refractivity contribution in [1.29, 1.82) is 0 Å². The maximum Gasteiger partial charge on any atom is 0.512 e. The van der Waals surface area contributed by atoms with Crippen LogP contribution in [0.25, 0.3) is 0 Å². The minimum absolute atomic E-state index is 0.251. The lowest BCUT2D eigenvalue weighted by Crippen LogP contribution is -2.44. The molecule has 64 valence electrons. The van der Waals surface area contributed by atoms with Gasteiger partial charge in [0.1, 0.15) is 6.61 Å². The average Bonchev–Trinajstić information content (AvgIpc) is 2.04. The Bertz CT molecular complexity index is 151. The van der Waals surface area contributed by atoms with Gasteiger partial charge in [-0.3, -0.25) is 0 Å². The molecule has 0 saturated carbocycles. The molecule has 1 heterocycles. The third kappa shape index (κ3) is 1.61. The van der Waals surface area contributed by atoms with Gasteiger partial charge in [-0.1, -0.05) is 0 Å². The van der Waals surface area contributed by atoms with E-state index in [0.717, 1.165) is 0 Å². The summed E-state index contributed by atoms with van der Waals surface area (Å²) in [6, 6.07) is 0. The molecule has 0 N–H and O–H groups in total. The molecule has 1 aliphatic rings. The zero-order chi connectivity index (χ0) is 8.32. The van der Waals surface area contributed by atoms with E-state index in [1.165, 1.54) is 14.2 Å².